The smallest absolute Gasteiger partial charge is 0.163 e. The molecule has 0 bridgehead atoms. The van der Waals surface area contributed by atoms with E-state index in [1.807, 2.05) is 6.07 Å². The molecule has 0 spiro atoms. The summed E-state index contributed by atoms with van der Waals surface area (Å²) in [5.74, 6) is -0.271. The van der Waals surface area contributed by atoms with Crippen molar-refractivity contribution in [3.63, 3.8) is 0 Å². The summed E-state index contributed by atoms with van der Waals surface area (Å²) in [6, 6.07) is 12.2. The normalized spacial score (nSPS) is 19.0. The zero-order valence-corrected chi connectivity index (χ0v) is 17.9. The molecular weight excluding hydrogens is 415 g/mol. The summed E-state index contributed by atoms with van der Waals surface area (Å²) in [7, 11) is 0. The van der Waals surface area contributed by atoms with Gasteiger partial charge in [0.2, 0.25) is 0 Å². The fourth-order valence-corrected chi connectivity index (χ4v) is 4.78. The molecule has 5 heteroatoms. The van der Waals surface area contributed by atoms with Crippen LogP contribution in [-0.2, 0) is 4.79 Å². The van der Waals surface area contributed by atoms with Gasteiger partial charge in [-0.3, -0.25) is 9.59 Å². The van der Waals surface area contributed by atoms with Crippen molar-refractivity contribution in [1.29, 1.82) is 0 Å². The third kappa shape index (κ3) is 5.37. The largest absolute Gasteiger partial charge is 0.299 e. The molecule has 0 unspecified atom stereocenters. The number of ketones is 2. The van der Waals surface area contributed by atoms with Gasteiger partial charge in [0.05, 0.1) is 0 Å². The van der Waals surface area contributed by atoms with E-state index in [1.165, 1.54) is 0 Å². The summed E-state index contributed by atoms with van der Waals surface area (Å²) in [4.78, 5) is 26.0. The van der Waals surface area contributed by atoms with Crippen LogP contribution in [-0.4, -0.2) is 11.6 Å². The Hall–Kier alpha value is -1.35. The topological polar surface area (TPSA) is 34.1 Å². The summed E-state index contributed by atoms with van der Waals surface area (Å²) >= 11 is 18.6. The first-order chi connectivity index (χ1) is 13.5. The lowest BCUT2D eigenvalue weighted by molar-refractivity contribution is -0.124. The lowest BCUT2D eigenvalue weighted by Crippen LogP contribution is -2.26. The van der Waals surface area contributed by atoms with E-state index in [0.29, 0.717) is 27.1 Å². The lowest BCUT2D eigenvalue weighted by atomic mass is 9.75. The van der Waals surface area contributed by atoms with Crippen molar-refractivity contribution in [3.05, 3.63) is 68.7 Å². The van der Waals surface area contributed by atoms with E-state index in [2.05, 4.69) is 0 Å². The second-order valence-corrected chi connectivity index (χ2v) is 8.72. The van der Waals surface area contributed by atoms with Crippen molar-refractivity contribution < 1.29 is 9.59 Å². The number of carbonyl (C=O) groups is 2. The Labute approximate surface area is 181 Å². The average molecular weight is 438 g/mol. The third-order valence-electron chi connectivity index (χ3n) is 5.50. The summed E-state index contributed by atoms with van der Waals surface area (Å²) in [5, 5.41) is 1.57. The van der Waals surface area contributed by atoms with Gasteiger partial charge in [-0.05, 0) is 42.7 Å². The molecule has 1 aliphatic carbocycles. The van der Waals surface area contributed by atoms with Crippen LogP contribution in [0.5, 0.6) is 0 Å². The zero-order chi connectivity index (χ0) is 20.1. The van der Waals surface area contributed by atoms with Gasteiger partial charge in [-0.25, -0.2) is 0 Å². The first-order valence-corrected chi connectivity index (χ1v) is 10.9. The van der Waals surface area contributed by atoms with Crippen LogP contribution >= 0.6 is 34.8 Å². The van der Waals surface area contributed by atoms with Crippen LogP contribution < -0.4 is 0 Å². The molecule has 2 aromatic carbocycles. The van der Waals surface area contributed by atoms with Crippen molar-refractivity contribution in [3.8, 4) is 0 Å². The first kappa shape index (κ1) is 21.4. The molecule has 0 aliphatic heterocycles. The molecule has 0 amide bonds. The molecule has 0 saturated heterocycles. The molecular formula is C23H23Cl3O2. The van der Waals surface area contributed by atoms with Crippen LogP contribution in [0.3, 0.4) is 0 Å². The molecule has 0 aromatic heterocycles. The molecule has 28 heavy (non-hydrogen) atoms. The number of carbonyl (C=O) groups excluding carboxylic acids is 2. The second-order valence-electron chi connectivity index (χ2n) is 7.44. The monoisotopic (exact) mass is 436 g/mol. The number of hydrogen-bond donors (Lipinski definition) is 0. The fraction of sp³-hybridized carbons (Fsp3) is 0.391. The van der Waals surface area contributed by atoms with Gasteiger partial charge in [-0.15, -0.1) is 0 Å². The van der Waals surface area contributed by atoms with Crippen LogP contribution in [0.25, 0.3) is 0 Å². The van der Waals surface area contributed by atoms with Crippen molar-refractivity contribution in [1.82, 2.24) is 0 Å². The molecule has 3 rings (SSSR count). The quantitative estimate of drug-likeness (QED) is 0.453. The molecule has 1 saturated carbocycles. The Morgan fingerprint density at radius 2 is 1.71 bits per heavy atom. The van der Waals surface area contributed by atoms with Crippen LogP contribution in [0.4, 0.5) is 0 Å². The van der Waals surface area contributed by atoms with Crippen molar-refractivity contribution in [2.45, 2.75) is 50.9 Å². The van der Waals surface area contributed by atoms with Crippen molar-refractivity contribution in [2.75, 3.05) is 0 Å². The predicted octanol–water partition coefficient (Wildman–Crippen LogP) is 7.54. The van der Waals surface area contributed by atoms with E-state index in [1.54, 1.807) is 36.4 Å². The van der Waals surface area contributed by atoms with Crippen LogP contribution in [0.2, 0.25) is 15.1 Å². The van der Waals surface area contributed by atoms with Gasteiger partial charge >= 0.3 is 0 Å². The number of Topliss-reactive ketones (excluding diaryl/α,β-unsaturated/α-hetero) is 2. The predicted molar refractivity (Wildman–Crippen MR) is 116 cm³/mol. The molecule has 1 aliphatic rings. The van der Waals surface area contributed by atoms with Gasteiger partial charge < -0.3 is 0 Å². The molecule has 0 radical (unpaired) electrons. The number of halogens is 3. The van der Waals surface area contributed by atoms with E-state index < -0.39 is 0 Å². The van der Waals surface area contributed by atoms with E-state index in [9.17, 15) is 9.59 Å². The molecule has 2 atom stereocenters. The van der Waals surface area contributed by atoms with E-state index >= 15 is 0 Å². The third-order valence-corrected chi connectivity index (χ3v) is 6.30. The standard InChI is InChI=1S/C23H23Cl3O2/c24-16-7-5-6-15(12-16)23(28)14-20(18-11-10-17(25)13-21(18)26)19-8-3-1-2-4-9-22(19)27/h5-7,10-13,19-20H,1-4,8-9,14H2/t19-,20-/m0/s1. The number of rotatable bonds is 5. The highest BCUT2D eigenvalue weighted by atomic mass is 35.5. The number of hydrogen-bond acceptors (Lipinski definition) is 2. The molecule has 148 valence electrons. The maximum atomic E-state index is 13.0. The minimum Gasteiger partial charge on any atom is -0.299 e. The summed E-state index contributed by atoms with van der Waals surface area (Å²) in [6.07, 6.45) is 5.68. The molecule has 2 aromatic rings. The minimum atomic E-state index is -0.262. The van der Waals surface area contributed by atoms with Gasteiger partial charge in [0.15, 0.2) is 5.78 Å². The molecule has 0 heterocycles. The number of benzene rings is 2. The highest BCUT2D eigenvalue weighted by molar-refractivity contribution is 6.35. The van der Waals surface area contributed by atoms with Gasteiger partial charge in [-0.1, -0.05) is 72.3 Å². The van der Waals surface area contributed by atoms with Crippen LogP contribution in [0.1, 0.15) is 66.8 Å². The minimum absolute atomic E-state index is 0.0339. The molecule has 2 nitrogen and oxygen atoms in total. The maximum absolute atomic E-state index is 13.0. The SMILES string of the molecule is O=C(C[C@@H](c1ccc(Cl)cc1Cl)[C@@H]1CCCCCCC1=O)c1cccc(Cl)c1. The van der Waals surface area contributed by atoms with Gasteiger partial charge in [0.25, 0.3) is 0 Å². The Morgan fingerprint density at radius 3 is 2.46 bits per heavy atom. The zero-order valence-electron chi connectivity index (χ0n) is 15.6. The molecule has 1 fully saturated rings. The van der Waals surface area contributed by atoms with Crippen molar-refractivity contribution in [2.24, 2.45) is 5.92 Å². The van der Waals surface area contributed by atoms with Crippen molar-refractivity contribution >= 4 is 46.4 Å². The first-order valence-electron chi connectivity index (χ1n) is 9.72. The second kappa shape index (κ2) is 9.91. The summed E-state index contributed by atoms with van der Waals surface area (Å²) in [5.41, 5.74) is 1.38. The lowest BCUT2D eigenvalue weighted by Gasteiger charge is -2.28. The fourth-order valence-electron chi connectivity index (χ4n) is 4.04. The van der Waals surface area contributed by atoms with Gasteiger partial charge in [0, 0.05) is 45.3 Å². The Kier molecular flexibility index (Phi) is 7.56. The van der Waals surface area contributed by atoms with Crippen LogP contribution in [0.15, 0.2) is 42.5 Å². The van der Waals surface area contributed by atoms with E-state index in [-0.39, 0.29) is 29.8 Å². The van der Waals surface area contributed by atoms with E-state index in [0.717, 1.165) is 37.7 Å². The summed E-state index contributed by atoms with van der Waals surface area (Å²) in [6.45, 7) is 0. The highest BCUT2D eigenvalue weighted by Gasteiger charge is 2.32. The van der Waals surface area contributed by atoms with Gasteiger partial charge in [0.1, 0.15) is 5.78 Å². The Bertz CT molecular complexity index is 863. The van der Waals surface area contributed by atoms with Gasteiger partial charge in [-0.2, -0.15) is 0 Å². The highest BCUT2D eigenvalue weighted by Crippen LogP contribution is 2.39. The Balaban J connectivity index is 1.95. The van der Waals surface area contributed by atoms with E-state index in [4.69, 9.17) is 34.8 Å². The average Bonchev–Trinajstić information content (AvgIpc) is 2.64. The molecule has 0 N–H and O–H groups in total. The summed E-state index contributed by atoms with van der Waals surface area (Å²) < 4.78 is 0. The van der Waals surface area contributed by atoms with Crippen LogP contribution in [0, 0.1) is 5.92 Å². The maximum Gasteiger partial charge on any atom is 0.163 e. The Morgan fingerprint density at radius 1 is 0.964 bits per heavy atom.